The van der Waals surface area contributed by atoms with Gasteiger partial charge in [-0.05, 0) is 54.7 Å². The lowest BCUT2D eigenvalue weighted by atomic mass is 9.80. The van der Waals surface area contributed by atoms with Gasteiger partial charge in [0.25, 0.3) is 5.91 Å². The molecule has 3 aliphatic rings. The van der Waals surface area contributed by atoms with E-state index in [9.17, 15) is 32.7 Å². The number of ketones is 1. The van der Waals surface area contributed by atoms with Gasteiger partial charge in [0.1, 0.15) is 23.5 Å². The first-order valence-corrected chi connectivity index (χ1v) is 19.4. The van der Waals surface area contributed by atoms with E-state index < -0.39 is 52.8 Å². The van der Waals surface area contributed by atoms with Crippen LogP contribution in [0.5, 0.6) is 0 Å². The van der Waals surface area contributed by atoms with Gasteiger partial charge < -0.3 is 31.9 Å². The van der Waals surface area contributed by atoms with Gasteiger partial charge in [-0.1, -0.05) is 63.5 Å². The van der Waals surface area contributed by atoms with Crippen LogP contribution in [-0.2, 0) is 41.0 Å². The smallest absolute Gasteiger partial charge is 0.315 e. The van der Waals surface area contributed by atoms with Gasteiger partial charge in [-0.25, -0.2) is 4.79 Å². The second-order valence-corrected chi connectivity index (χ2v) is 16.7. The predicted molar refractivity (Wildman–Crippen MR) is 183 cm³/mol. The predicted octanol–water partition coefficient (Wildman–Crippen LogP) is 1.72. The second kappa shape index (κ2) is 17.2. The van der Waals surface area contributed by atoms with Gasteiger partial charge in [0.15, 0.2) is 0 Å². The molecule has 1 aromatic rings. The quantitative estimate of drug-likeness (QED) is 0.0903. The molecule has 13 nitrogen and oxygen atoms in total. The number of nitrogens with two attached hydrogens (primary N) is 2. The maximum atomic E-state index is 14.2. The van der Waals surface area contributed by atoms with E-state index in [4.69, 9.17) is 5.73 Å². The third kappa shape index (κ3) is 10.1. The number of rotatable bonds is 15. The highest BCUT2D eigenvalue weighted by Crippen LogP contribution is 2.32. The number of carbonyl (C=O) groups excluding carboxylic acids is 5. The second-order valence-electron chi connectivity index (χ2n) is 14.7. The molecule has 0 aromatic carbocycles. The maximum Gasteiger partial charge on any atom is 0.315 e. The van der Waals surface area contributed by atoms with E-state index in [1.165, 1.54) is 16.2 Å². The lowest BCUT2D eigenvalue weighted by Gasteiger charge is -2.36. The molecule has 4 rings (SSSR count). The van der Waals surface area contributed by atoms with Gasteiger partial charge in [0.05, 0.1) is 18.6 Å². The Morgan fingerprint density at radius 2 is 1.73 bits per heavy atom. The van der Waals surface area contributed by atoms with E-state index in [1.54, 1.807) is 11.4 Å². The molecule has 268 valence electrons. The number of carbonyl (C=O) groups is 5. The number of nitrogens with one attached hydrogen (secondary N) is 3. The van der Waals surface area contributed by atoms with Crippen molar-refractivity contribution in [2.75, 3.05) is 13.1 Å². The maximum absolute atomic E-state index is 14.2. The molecule has 2 heterocycles. The highest BCUT2D eigenvalue weighted by Gasteiger charge is 2.42. The largest absolute Gasteiger partial charge is 0.363 e. The van der Waals surface area contributed by atoms with Crippen molar-refractivity contribution in [1.29, 1.82) is 0 Å². The summed E-state index contributed by atoms with van der Waals surface area (Å²) in [5, 5.41) is 12.6. The van der Waals surface area contributed by atoms with Crippen LogP contribution in [0, 0.1) is 17.3 Å². The lowest BCUT2D eigenvalue weighted by Crippen LogP contribution is -2.86. The average Bonchev–Trinajstić information content (AvgIpc) is 3.70. The summed E-state index contributed by atoms with van der Waals surface area (Å²) >= 11 is -1.01. The zero-order valence-corrected chi connectivity index (χ0v) is 30.1. The summed E-state index contributed by atoms with van der Waals surface area (Å²) in [6.45, 7) is 7.42. The first-order valence-electron chi connectivity index (χ1n) is 17.3. The minimum atomic E-state index is -2.43. The Labute approximate surface area is 289 Å². The Morgan fingerprint density at radius 1 is 1.02 bits per heavy atom. The Kier molecular flexibility index (Phi) is 13.6. The van der Waals surface area contributed by atoms with E-state index in [-0.39, 0.29) is 29.2 Å². The number of hydrogen-bond donors (Lipinski definition) is 6. The van der Waals surface area contributed by atoms with Gasteiger partial charge in [0.2, 0.25) is 33.6 Å². The first kappa shape index (κ1) is 37.9. The summed E-state index contributed by atoms with van der Waals surface area (Å²) in [5.41, 5.74) is 4.98. The summed E-state index contributed by atoms with van der Waals surface area (Å²) in [6.07, 6.45) is 8.79. The molecule has 1 aliphatic heterocycles. The number of quaternary nitrogens is 1. The molecule has 0 bridgehead atoms. The first-order chi connectivity index (χ1) is 22.8. The number of urea groups is 1. The number of nitrogens with zero attached hydrogens (tertiary/aromatic N) is 1. The molecule has 2 saturated carbocycles. The Bertz CT molecular complexity index is 1340. The standard InChI is InChI=1S/C33H52N6O7S2/c1-33(2,3)26(19-35-18-24-25(48(45)46)14-16-47-24)37-32(44)38-27(21-11-5-4-6-12-21)31(43)39-15-8-13-23(39)30(42)36-22(28(40)29(34)41)17-20-9-7-10-20/h14,16,20-23,26-27,35H,4-13,15,17-19H2,1-3H3,(H2,34,41)(H,36,42)(H,45,46)(H2,37,38,44)/p+2/t22?,23-,26+,27-/m0/s1. The van der Waals surface area contributed by atoms with Crippen LogP contribution in [0.3, 0.4) is 0 Å². The molecule has 2 unspecified atom stereocenters. The van der Waals surface area contributed by atoms with Gasteiger partial charge in [-0.2, -0.15) is 4.55 Å². The van der Waals surface area contributed by atoms with E-state index in [2.05, 4.69) is 16.0 Å². The highest BCUT2D eigenvalue weighted by molar-refractivity contribution is 7.79. The third-order valence-corrected chi connectivity index (χ3v) is 12.1. The van der Waals surface area contributed by atoms with Crippen LogP contribution in [0.25, 0.3) is 0 Å². The minimum absolute atomic E-state index is 0.0820. The summed E-state index contributed by atoms with van der Waals surface area (Å²) in [7, 11) is 0. The Hall–Kier alpha value is -2.88. The Balaban J connectivity index is 1.43. The van der Waals surface area contributed by atoms with E-state index in [1.807, 2.05) is 26.1 Å². The third-order valence-electron chi connectivity index (χ3n) is 10.2. The summed E-state index contributed by atoms with van der Waals surface area (Å²) in [6, 6.07) is -1.74. The molecule has 0 spiro atoms. The van der Waals surface area contributed by atoms with Crippen molar-refractivity contribution in [3.05, 3.63) is 16.3 Å². The number of thiophene rings is 1. The van der Waals surface area contributed by atoms with Crippen molar-refractivity contribution in [1.82, 2.24) is 20.9 Å². The summed E-state index contributed by atoms with van der Waals surface area (Å²) in [5.74, 6) is -2.54. The highest BCUT2D eigenvalue weighted by atomic mass is 32.2. The molecule has 15 heteroatoms. The normalized spacial score (nSPS) is 21.4. The fourth-order valence-corrected chi connectivity index (χ4v) is 8.84. The molecule has 3 fully saturated rings. The van der Waals surface area contributed by atoms with Crippen LogP contribution >= 0.6 is 11.3 Å². The van der Waals surface area contributed by atoms with Crippen molar-refractivity contribution in [2.45, 2.75) is 127 Å². The molecule has 5 amide bonds. The van der Waals surface area contributed by atoms with Crippen LogP contribution in [0.1, 0.15) is 96.3 Å². The van der Waals surface area contributed by atoms with E-state index in [0.717, 1.165) is 56.2 Å². The number of thiol groups is 1. The van der Waals surface area contributed by atoms with E-state index in [0.29, 0.717) is 43.8 Å². The van der Waals surface area contributed by atoms with Crippen LogP contribution in [0.2, 0.25) is 0 Å². The van der Waals surface area contributed by atoms with Crippen molar-refractivity contribution >= 4 is 52.0 Å². The zero-order chi connectivity index (χ0) is 35.0. The van der Waals surface area contributed by atoms with Crippen molar-refractivity contribution in [2.24, 2.45) is 23.0 Å². The number of primary amides is 1. The average molecular weight is 711 g/mol. The molecule has 1 saturated heterocycles. The van der Waals surface area contributed by atoms with Crippen LogP contribution in [-0.4, -0.2) is 76.2 Å². The molecule has 1 aromatic heterocycles. The summed E-state index contributed by atoms with van der Waals surface area (Å²) in [4.78, 5) is 68.5. The number of hydrogen-bond acceptors (Lipinski definition) is 7. The van der Waals surface area contributed by atoms with Gasteiger partial charge >= 0.3 is 6.03 Å². The van der Waals surface area contributed by atoms with Crippen molar-refractivity contribution < 1.29 is 38.1 Å². The molecule has 5 atom stereocenters. The monoisotopic (exact) mass is 710 g/mol. The molecule has 8 N–H and O–H groups in total. The van der Waals surface area contributed by atoms with Crippen molar-refractivity contribution in [3.63, 3.8) is 0 Å². The van der Waals surface area contributed by atoms with Gasteiger partial charge in [-0.15, -0.1) is 11.3 Å². The number of Topliss-reactive ketones (excluding diaryl/α,β-unsaturated/α-hetero) is 1. The fourth-order valence-electron chi connectivity index (χ4n) is 7.07. The molecule has 48 heavy (non-hydrogen) atoms. The molecular formula is C33H54N6O7S2+2. The van der Waals surface area contributed by atoms with Crippen LogP contribution < -0.4 is 27.0 Å². The topological polar surface area (TPSA) is 205 Å². The van der Waals surface area contributed by atoms with Gasteiger partial charge in [0, 0.05) is 12.6 Å². The SMILES string of the molecule is CC(C)(C)[C@@H](C[NH2+]Cc1sccc1[SH+](=O)O)NC(=O)N[C@H](C(=O)N1CCC[C@H]1C(=O)NC(CC1CCC1)C(=O)C(N)=O)C1CCCCC1. The van der Waals surface area contributed by atoms with Crippen LogP contribution in [0.15, 0.2) is 16.3 Å². The van der Waals surface area contributed by atoms with Gasteiger partial charge in [-0.3, -0.25) is 19.2 Å². The van der Waals surface area contributed by atoms with E-state index >= 15 is 0 Å². The number of likely N-dealkylation sites (tertiary alicyclic amines) is 1. The molecule has 0 radical (unpaired) electrons. The number of amides is 5. The molecular weight excluding hydrogens is 657 g/mol. The summed E-state index contributed by atoms with van der Waals surface area (Å²) < 4.78 is 21.3. The fraction of sp³-hybridized carbons (Fsp3) is 0.727. The minimum Gasteiger partial charge on any atom is -0.363 e. The van der Waals surface area contributed by atoms with Crippen molar-refractivity contribution in [3.8, 4) is 0 Å². The molecule has 2 aliphatic carbocycles. The Morgan fingerprint density at radius 3 is 2.33 bits per heavy atom. The zero-order valence-electron chi connectivity index (χ0n) is 28.4. The lowest BCUT2D eigenvalue weighted by molar-refractivity contribution is -0.673. The van der Waals surface area contributed by atoms with Crippen LogP contribution in [0.4, 0.5) is 4.79 Å².